The lowest BCUT2D eigenvalue weighted by molar-refractivity contribution is 0.0625. The predicted octanol–water partition coefficient (Wildman–Crippen LogP) is 1.90. The fourth-order valence-electron chi connectivity index (χ4n) is 2.13. The lowest BCUT2D eigenvalue weighted by Crippen LogP contribution is -2.40. The molecule has 0 aromatic carbocycles. The number of aliphatic hydroxyl groups excluding tert-OH is 1. The summed E-state index contributed by atoms with van der Waals surface area (Å²) < 4.78 is 0. The Morgan fingerprint density at radius 3 is 3.12 bits per heavy atom. The van der Waals surface area contributed by atoms with Gasteiger partial charge in [-0.1, -0.05) is 0 Å². The van der Waals surface area contributed by atoms with Gasteiger partial charge in [-0.15, -0.1) is 11.3 Å². The van der Waals surface area contributed by atoms with Crippen molar-refractivity contribution in [1.29, 1.82) is 0 Å². The van der Waals surface area contributed by atoms with Crippen LogP contribution >= 0.6 is 11.3 Å². The Bertz CT molecular complexity index is 375. The van der Waals surface area contributed by atoms with Crippen molar-refractivity contribution in [3.8, 4) is 0 Å². The zero-order chi connectivity index (χ0) is 11.5. The van der Waals surface area contributed by atoms with E-state index in [4.69, 9.17) is 5.11 Å². The Hall–Kier alpha value is -0.870. The third-order valence-corrected chi connectivity index (χ3v) is 4.13. The number of thiophene rings is 1. The average Bonchev–Trinajstić information content (AvgIpc) is 2.74. The fourth-order valence-corrected chi connectivity index (χ4v) is 3.03. The number of likely N-dealkylation sites (tertiary alicyclic amines) is 1. The number of aliphatic hydroxyl groups is 1. The molecule has 1 aromatic rings. The summed E-state index contributed by atoms with van der Waals surface area (Å²) in [4.78, 5) is 14.9. The number of hydrogen-bond acceptors (Lipinski definition) is 3. The Morgan fingerprint density at radius 1 is 1.69 bits per heavy atom. The molecule has 1 fully saturated rings. The number of carbonyl (C=O) groups excluding carboxylic acids is 1. The molecule has 1 N–H and O–H groups in total. The molecule has 0 spiro atoms. The number of aryl methyl sites for hydroxylation is 1. The summed E-state index contributed by atoms with van der Waals surface area (Å²) in [6.07, 6.45) is 2.03. The van der Waals surface area contributed by atoms with Crippen LogP contribution in [0.5, 0.6) is 0 Å². The summed E-state index contributed by atoms with van der Waals surface area (Å²) in [5.41, 5.74) is 1.06. The minimum Gasteiger partial charge on any atom is -0.396 e. The summed E-state index contributed by atoms with van der Waals surface area (Å²) in [7, 11) is 0. The van der Waals surface area contributed by atoms with Crippen LogP contribution in [0.3, 0.4) is 0 Å². The molecule has 1 aromatic heterocycles. The van der Waals surface area contributed by atoms with Crippen LogP contribution in [0.1, 0.15) is 28.1 Å². The number of rotatable bonds is 2. The standard InChI is InChI=1S/C12H17NO2S/c1-9-4-6-16-11(9)12(15)13-5-2-3-10(7-13)8-14/h4,6,10,14H,2-3,5,7-8H2,1H3/t10-/m0/s1. The van der Waals surface area contributed by atoms with Gasteiger partial charge in [-0.2, -0.15) is 0 Å². The quantitative estimate of drug-likeness (QED) is 0.856. The maximum Gasteiger partial charge on any atom is 0.264 e. The molecule has 1 atom stereocenters. The molecule has 1 aliphatic rings. The summed E-state index contributed by atoms with van der Waals surface area (Å²) in [6, 6.07) is 1.98. The van der Waals surface area contributed by atoms with Gasteiger partial charge in [0.05, 0.1) is 4.88 Å². The van der Waals surface area contributed by atoms with E-state index in [-0.39, 0.29) is 18.4 Å². The minimum absolute atomic E-state index is 0.130. The molecule has 0 bridgehead atoms. The highest BCUT2D eigenvalue weighted by Gasteiger charge is 2.25. The van der Waals surface area contributed by atoms with Crippen LogP contribution < -0.4 is 0 Å². The van der Waals surface area contributed by atoms with E-state index in [0.29, 0.717) is 6.54 Å². The summed E-state index contributed by atoms with van der Waals surface area (Å²) in [5, 5.41) is 11.1. The Balaban J connectivity index is 2.07. The Morgan fingerprint density at radius 2 is 2.50 bits per heavy atom. The molecule has 0 aliphatic carbocycles. The van der Waals surface area contributed by atoms with Gasteiger partial charge in [-0.3, -0.25) is 4.79 Å². The molecule has 2 heterocycles. The van der Waals surface area contributed by atoms with Crippen molar-refractivity contribution in [3.63, 3.8) is 0 Å². The normalized spacial score (nSPS) is 21.1. The van der Waals surface area contributed by atoms with Crippen molar-refractivity contribution in [2.75, 3.05) is 19.7 Å². The summed E-state index contributed by atoms with van der Waals surface area (Å²) in [6.45, 7) is 3.68. The molecule has 88 valence electrons. The first-order chi connectivity index (χ1) is 7.72. The van der Waals surface area contributed by atoms with Gasteiger partial charge in [0.15, 0.2) is 0 Å². The van der Waals surface area contributed by atoms with E-state index in [9.17, 15) is 4.79 Å². The molecular formula is C12H17NO2S. The molecular weight excluding hydrogens is 222 g/mol. The number of amides is 1. The number of piperidine rings is 1. The Labute approximate surface area is 99.7 Å². The van der Waals surface area contributed by atoms with Gasteiger partial charge >= 0.3 is 0 Å². The van der Waals surface area contributed by atoms with Crippen LogP contribution in [-0.2, 0) is 0 Å². The summed E-state index contributed by atoms with van der Waals surface area (Å²) in [5.74, 6) is 0.392. The van der Waals surface area contributed by atoms with Gasteiger partial charge in [-0.05, 0) is 42.7 Å². The van der Waals surface area contributed by atoms with Crippen LogP contribution in [-0.4, -0.2) is 35.6 Å². The van der Waals surface area contributed by atoms with E-state index >= 15 is 0 Å². The molecule has 0 radical (unpaired) electrons. The molecule has 0 saturated carbocycles. The highest BCUT2D eigenvalue weighted by atomic mass is 32.1. The lowest BCUT2D eigenvalue weighted by Gasteiger charge is -2.31. The maximum atomic E-state index is 12.2. The van der Waals surface area contributed by atoms with Gasteiger partial charge in [0, 0.05) is 19.7 Å². The average molecular weight is 239 g/mol. The van der Waals surface area contributed by atoms with Crippen molar-refractivity contribution in [3.05, 3.63) is 21.9 Å². The van der Waals surface area contributed by atoms with Crippen molar-refractivity contribution in [2.45, 2.75) is 19.8 Å². The molecule has 16 heavy (non-hydrogen) atoms. The Kier molecular flexibility index (Phi) is 3.61. The van der Waals surface area contributed by atoms with Gasteiger partial charge < -0.3 is 10.0 Å². The van der Waals surface area contributed by atoms with E-state index in [1.54, 1.807) is 0 Å². The van der Waals surface area contributed by atoms with Crippen LogP contribution in [0.4, 0.5) is 0 Å². The second-order valence-electron chi connectivity index (χ2n) is 4.37. The zero-order valence-corrected chi connectivity index (χ0v) is 10.3. The SMILES string of the molecule is Cc1ccsc1C(=O)N1CCC[C@H](CO)C1. The second kappa shape index (κ2) is 4.97. The van der Waals surface area contributed by atoms with E-state index in [1.165, 1.54) is 11.3 Å². The van der Waals surface area contributed by atoms with E-state index in [0.717, 1.165) is 29.8 Å². The van der Waals surface area contributed by atoms with Gasteiger partial charge in [-0.25, -0.2) is 0 Å². The predicted molar refractivity (Wildman–Crippen MR) is 64.8 cm³/mol. The van der Waals surface area contributed by atoms with Gasteiger partial charge in [0.25, 0.3) is 5.91 Å². The second-order valence-corrected chi connectivity index (χ2v) is 5.29. The van der Waals surface area contributed by atoms with Crippen molar-refractivity contribution in [1.82, 2.24) is 4.90 Å². The van der Waals surface area contributed by atoms with Gasteiger partial charge in [0.2, 0.25) is 0 Å². The first kappa shape index (κ1) is 11.6. The largest absolute Gasteiger partial charge is 0.396 e. The lowest BCUT2D eigenvalue weighted by atomic mass is 9.99. The van der Waals surface area contributed by atoms with Crippen molar-refractivity contribution in [2.24, 2.45) is 5.92 Å². The molecule has 2 rings (SSSR count). The van der Waals surface area contributed by atoms with Crippen LogP contribution in [0.15, 0.2) is 11.4 Å². The van der Waals surface area contributed by atoms with E-state index < -0.39 is 0 Å². The van der Waals surface area contributed by atoms with Crippen molar-refractivity contribution >= 4 is 17.2 Å². The zero-order valence-electron chi connectivity index (χ0n) is 9.48. The van der Waals surface area contributed by atoms with Crippen LogP contribution in [0.25, 0.3) is 0 Å². The van der Waals surface area contributed by atoms with Crippen molar-refractivity contribution < 1.29 is 9.90 Å². The molecule has 0 unspecified atom stereocenters. The molecule has 1 aliphatic heterocycles. The first-order valence-corrected chi connectivity index (χ1v) is 6.54. The molecule has 3 nitrogen and oxygen atoms in total. The molecule has 1 saturated heterocycles. The number of nitrogens with zero attached hydrogens (tertiary/aromatic N) is 1. The maximum absolute atomic E-state index is 12.2. The third kappa shape index (κ3) is 2.28. The van der Waals surface area contributed by atoms with Gasteiger partial charge in [0.1, 0.15) is 0 Å². The smallest absolute Gasteiger partial charge is 0.264 e. The van der Waals surface area contributed by atoms with Crippen LogP contribution in [0.2, 0.25) is 0 Å². The highest BCUT2D eigenvalue weighted by Crippen LogP contribution is 2.22. The molecule has 4 heteroatoms. The van der Waals surface area contributed by atoms with E-state index in [1.807, 2.05) is 23.3 Å². The minimum atomic E-state index is 0.130. The third-order valence-electron chi connectivity index (χ3n) is 3.12. The summed E-state index contributed by atoms with van der Waals surface area (Å²) >= 11 is 1.51. The monoisotopic (exact) mass is 239 g/mol. The molecule has 1 amide bonds. The fraction of sp³-hybridized carbons (Fsp3) is 0.583. The number of carbonyl (C=O) groups is 1. The van der Waals surface area contributed by atoms with Crippen LogP contribution in [0, 0.1) is 12.8 Å². The first-order valence-electron chi connectivity index (χ1n) is 5.66. The highest BCUT2D eigenvalue weighted by molar-refractivity contribution is 7.12. The van der Waals surface area contributed by atoms with E-state index in [2.05, 4.69) is 0 Å². The topological polar surface area (TPSA) is 40.5 Å². The number of hydrogen-bond donors (Lipinski definition) is 1.